The lowest BCUT2D eigenvalue weighted by Crippen LogP contribution is -2.37. The van der Waals surface area contributed by atoms with Gasteiger partial charge in [-0.05, 0) is 18.8 Å². The maximum Gasteiger partial charge on any atom is 0.0354 e. The molecule has 1 unspecified atom stereocenters. The molecule has 3 N–H and O–H groups in total. The quantitative estimate of drug-likeness (QED) is 0.672. The largest absolute Gasteiger partial charge is 0.323 e. The lowest BCUT2D eigenvalue weighted by molar-refractivity contribution is 0.492. The molecule has 1 atom stereocenters. The maximum absolute atomic E-state index is 5.87. The van der Waals surface area contributed by atoms with Gasteiger partial charge in [0.15, 0.2) is 0 Å². The van der Waals surface area contributed by atoms with Gasteiger partial charge in [0.25, 0.3) is 0 Å². The predicted molar refractivity (Wildman–Crippen MR) is 60.1 cm³/mol. The van der Waals surface area contributed by atoms with Crippen molar-refractivity contribution in [3.8, 4) is 0 Å². The van der Waals surface area contributed by atoms with Gasteiger partial charge in [-0.15, -0.1) is 0 Å². The molecule has 80 valence electrons. The molecule has 2 nitrogen and oxygen atoms in total. The highest BCUT2D eigenvalue weighted by Crippen LogP contribution is 2.29. The average Bonchev–Trinajstić information content (AvgIpc) is 2.67. The first-order valence-corrected chi connectivity index (χ1v) is 6.00. The fraction of sp³-hybridized carbons (Fsp3) is 0.833. The summed E-state index contributed by atoms with van der Waals surface area (Å²) in [5.74, 6) is 1.01. The first-order valence-electron chi connectivity index (χ1n) is 6.00. The van der Waals surface area contributed by atoms with Crippen LogP contribution < -0.4 is 11.1 Å². The van der Waals surface area contributed by atoms with Crippen molar-refractivity contribution in [1.82, 2.24) is 5.32 Å². The number of nitrogens with two attached hydrogens (primary N) is 1. The Morgan fingerprint density at radius 2 is 2.14 bits per heavy atom. The zero-order chi connectivity index (χ0) is 9.80. The third kappa shape index (κ3) is 2.82. The summed E-state index contributed by atoms with van der Waals surface area (Å²) in [6, 6.07) is 0.252. The summed E-state index contributed by atoms with van der Waals surface area (Å²) >= 11 is 0. The minimum Gasteiger partial charge on any atom is -0.323 e. The van der Waals surface area contributed by atoms with Crippen molar-refractivity contribution in [3.63, 3.8) is 0 Å². The topological polar surface area (TPSA) is 38.0 Å². The third-order valence-electron chi connectivity index (χ3n) is 3.53. The van der Waals surface area contributed by atoms with E-state index in [1.54, 1.807) is 0 Å². The van der Waals surface area contributed by atoms with Crippen LogP contribution in [-0.2, 0) is 0 Å². The Kier molecular flexibility index (Phi) is 3.60. The van der Waals surface area contributed by atoms with E-state index in [1.165, 1.54) is 44.1 Å². The van der Waals surface area contributed by atoms with Crippen LogP contribution in [0, 0.1) is 5.92 Å². The van der Waals surface area contributed by atoms with E-state index < -0.39 is 0 Å². The highest BCUT2D eigenvalue weighted by atomic mass is 14.9. The predicted octanol–water partition coefficient (Wildman–Crippen LogP) is 1.81. The first kappa shape index (κ1) is 10.2. The van der Waals surface area contributed by atoms with Gasteiger partial charge in [-0.3, -0.25) is 0 Å². The number of hydrogen-bond acceptors (Lipinski definition) is 2. The normalized spacial score (nSPS) is 29.2. The number of rotatable bonds is 3. The minimum absolute atomic E-state index is 0.252. The molecule has 0 amide bonds. The molecule has 0 aromatic heterocycles. The molecule has 0 aromatic rings. The summed E-state index contributed by atoms with van der Waals surface area (Å²) in [5, 5.41) is 3.37. The van der Waals surface area contributed by atoms with Crippen molar-refractivity contribution in [1.29, 1.82) is 0 Å². The van der Waals surface area contributed by atoms with Crippen LogP contribution in [0.3, 0.4) is 0 Å². The molecule has 1 fully saturated rings. The highest BCUT2D eigenvalue weighted by Gasteiger charge is 2.16. The molecule has 2 rings (SSSR count). The van der Waals surface area contributed by atoms with E-state index >= 15 is 0 Å². The van der Waals surface area contributed by atoms with Gasteiger partial charge in [-0.2, -0.15) is 0 Å². The van der Waals surface area contributed by atoms with Crippen LogP contribution in [0.25, 0.3) is 0 Å². The Morgan fingerprint density at radius 1 is 1.36 bits per heavy atom. The van der Waals surface area contributed by atoms with Gasteiger partial charge >= 0.3 is 0 Å². The van der Waals surface area contributed by atoms with Crippen LogP contribution in [0.4, 0.5) is 0 Å². The molecule has 0 saturated heterocycles. The second-order valence-electron chi connectivity index (χ2n) is 4.81. The molecule has 0 spiro atoms. The Balaban J connectivity index is 1.73. The smallest absolute Gasteiger partial charge is 0.0354 e. The van der Waals surface area contributed by atoms with Crippen molar-refractivity contribution in [2.75, 3.05) is 13.1 Å². The molecule has 14 heavy (non-hydrogen) atoms. The average molecular weight is 194 g/mol. The molecule has 1 heterocycles. The Bertz CT molecular complexity index is 204. The molecular formula is C12H22N2. The van der Waals surface area contributed by atoms with Gasteiger partial charge in [-0.1, -0.05) is 37.3 Å². The van der Waals surface area contributed by atoms with Gasteiger partial charge in [0, 0.05) is 19.1 Å². The third-order valence-corrected chi connectivity index (χ3v) is 3.53. The summed E-state index contributed by atoms with van der Waals surface area (Å²) in [4.78, 5) is 0. The van der Waals surface area contributed by atoms with Crippen molar-refractivity contribution in [2.24, 2.45) is 11.7 Å². The standard InChI is InChI=1S/C12H22N2/c13-12-7-11(8-14-9-12)6-5-10-3-1-2-4-10/h7,10,12,14H,1-6,8-9,13H2. The molecule has 2 aliphatic rings. The molecule has 0 aromatic carbocycles. The van der Waals surface area contributed by atoms with Crippen LogP contribution in [-0.4, -0.2) is 19.1 Å². The van der Waals surface area contributed by atoms with Crippen molar-refractivity contribution in [3.05, 3.63) is 11.6 Å². The van der Waals surface area contributed by atoms with Crippen molar-refractivity contribution < 1.29 is 0 Å². The van der Waals surface area contributed by atoms with Gasteiger partial charge in [-0.25, -0.2) is 0 Å². The second kappa shape index (κ2) is 4.94. The molecule has 0 radical (unpaired) electrons. The zero-order valence-corrected chi connectivity index (χ0v) is 8.97. The highest BCUT2D eigenvalue weighted by molar-refractivity contribution is 5.12. The van der Waals surface area contributed by atoms with E-state index in [1.807, 2.05) is 0 Å². The van der Waals surface area contributed by atoms with Crippen LogP contribution >= 0.6 is 0 Å². The molecular weight excluding hydrogens is 172 g/mol. The van der Waals surface area contributed by atoms with E-state index in [2.05, 4.69) is 11.4 Å². The van der Waals surface area contributed by atoms with Crippen molar-refractivity contribution >= 4 is 0 Å². The molecule has 1 saturated carbocycles. The minimum atomic E-state index is 0.252. The van der Waals surface area contributed by atoms with Gasteiger partial charge in [0.2, 0.25) is 0 Å². The van der Waals surface area contributed by atoms with E-state index in [9.17, 15) is 0 Å². The first-order chi connectivity index (χ1) is 6.84. The van der Waals surface area contributed by atoms with Crippen LogP contribution in [0.5, 0.6) is 0 Å². The molecule has 0 bridgehead atoms. The lowest BCUT2D eigenvalue weighted by atomic mass is 9.96. The van der Waals surface area contributed by atoms with Crippen LogP contribution in [0.1, 0.15) is 38.5 Å². The van der Waals surface area contributed by atoms with E-state index in [-0.39, 0.29) is 6.04 Å². The Hall–Kier alpha value is -0.340. The Morgan fingerprint density at radius 3 is 2.86 bits per heavy atom. The van der Waals surface area contributed by atoms with Crippen LogP contribution in [0.15, 0.2) is 11.6 Å². The van der Waals surface area contributed by atoms with E-state index in [0.29, 0.717) is 0 Å². The number of hydrogen-bond donors (Lipinski definition) is 2. The zero-order valence-electron chi connectivity index (χ0n) is 8.97. The molecule has 1 aliphatic heterocycles. The van der Waals surface area contributed by atoms with Gasteiger partial charge in [0.1, 0.15) is 0 Å². The lowest BCUT2D eigenvalue weighted by Gasteiger charge is -2.20. The monoisotopic (exact) mass is 194 g/mol. The summed E-state index contributed by atoms with van der Waals surface area (Å²) in [6.07, 6.45) is 10.8. The SMILES string of the molecule is NC1C=C(CCC2CCCC2)CNC1. The molecule has 2 heteroatoms. The maximum atomic E-state index is 5.87. The van der Waals surface area contributed by atoms with Gasteiger partial charge in [0.05, 0.1) is 0 Å². The summed E-state index contributed by atoms with van der Waals surface area (Å²) in [5.41, 5.74) is 7.41. The van der Waals surface area contributed by atoms with E-state index in [0.717, 1.165) is 19.0 Å². The molecule has 1 aliphatic carbocycles. The fourth-order valence-electron chi connectivity index (χ4n) is 2.68. The second-order valence-corrected chi connectivity index (χ2v) is 4.81. The van der Waals surface area contributed by atoms with E-state index in [4.69, 9.17) is 5.73 Å². The van der Waals surface area contributed by atoms with Crippen LogP contribution in [0.2, 0.25) is 0 Å². The fourth-order valence-corrected chi connectivity index (χ4v) is 2.68. The van der Waals surface area contributed by atoms with Crippen molar-refractivity contribution in [2.45, 2.75) is 44.6 Å². The summed E-state index contributed by atoms with van der Waals surface area (Å²) in [6.45, 7) is 2.02. The summed E-state index contributed by atoms with van der Waals surface area (Å²) < 4.78 is 0. The van der Waals surface area contributed by atoms with Gasteiger partial charge < -0.3 is 11.1 Å². The summed E-state index contributed by atoms with van der Waals surface area (Å²) in [7, 11) is 0. The Labute approximate surface area is 86.9 Å². The number of nitrogens with one attached hydrogen (secondary N) is 1.